The van der Waals surface area contributed by atoms with Crippen LogP contribution >= 0.6 is 11.6 Å². The molecular formula is C15H13ClN2O2. The number of hydrogen-bond donors (Lipinski definition) is 2. The summed E-state index contributed by atoms with van der Waals surface area (Å²) >= 11 is 5.97. The van der Waals surface area contributed by atoms with Crippen LogP contribution in [0.2, 0.25) is 5.02 Å². The number of hydrogen-bond acceptors (Lipinski definition) is 2. The van der Waals surface area contributed by atoms with Gasteiger partial charge in [0, 0.05) is 5.69 Å². The minimum Gasteiger partial charge on any atom is -0.369 e. The van der Waals surface area contributed by atoms with E-state index in [2.05, 4.69) is 5.32 Å². The number of rotatable bonds is 4. The molecule has 0 radical (unpaired) electrons. The zero-order valence-corrected chi connectivity index (χ0v) is 11.4. The van der Waals surface area contributed by atoms with Gasteiger partial charge < -0.3 is 11.1 Å². The van der Waals surface area contributed by atoms with Gasteiger partial charge in [-0.05, 0) is 23.8 Å². The second kappa shape index (κ2) is 6.21. The summed E-state index contributed by atoms with van der Waals surface area (Å²) in [5, 5.41) is 3.11. The van der Waals surface area contributed by atoms with Crippen LogP contribution in [0.5, 0.6) is 0 Å². The largest absolute Gasteiger partial charge is 0.369 e. The fourth-order valence-corrected chi connectivity index (χ4v) is 2.04. The number of amides is 2. The Morgan fingerprint density at radius 3 is 2.40 bits per heavy atom. The van der Waals surface area contributed by atoms with Crippen LogP contribution in [0.4, 0.5) is 5.69 Å². The molecule has 2 amide bonds. The van der Waals surface area contributed by atoms with Gasteiger partial charge in [-0.3, -0.25) is 9.59 Å². The van der Waals surface area contributed by atoms with Crippen molar-refractivity contribution in [2.24, 2.45) is 5.73 Å². The molecule has 0 heterocycles. The van der Waals surface area contributed by atoms with Crippen LogP contribution in [0.3, 0.4) is 0 Å². The number of benzene rings is 2. The predicted octanol–water partition coefficient (Wildman–Crippen LogP) is 2.62. The van der Waals surface area contributed by atoms with Crippen LogP contribution in [-0.4, -0.2) is 11.8 Å². The Labute approximate surface area is 121 Å². The van der Waals surface area contributed by atoms with E-state index in [1.165, 1.54) is 0 Å². The molecule has 0 unspecified atom stereocenters. The minimum atomic E-state index is -0.454. The van der Waals surface area contributed by atoms with Crippen molar-refractivity contribution in [3.05, 3.63) is 64.7 Å². The van der Waals surface area contributed by atoms with Gasteiger partial charge in [-0.2, -0.15) is 0 Å². The lowest BCUT2D eigenvalue weighted by Crippen LogP contribution is -2.17. The highest BCUT2D eigenvalue weighted by Crippen LogP contribution is 2.20. The Hall–Kier alpha value is -2.33. The summed E-state index contributed by atoms with van der Waals surface area (Å²) in [6, 6.07) is 13.8. The summed E-state index contributed by atoms with van der Waals surface area (Å²) in [6.45, 7) is 0. The first-order valence-corrected chi connectivity index (χ1v) is 6.38. The summed E-state index contributed by atoms with van der Waals surface area (Å²) in [7, 11) is 0. The van der Waals surface area contributed by atoms with E-state index in [0.717, 1.165) is 0 Å². The summed E-state index contributed by atoms with van der Waals surface area (Å²) in [4.78, 5) is 23.2. The van der Waals surface area contributed by atoms with Gasteiger partial charge in [-0.1, -0.05) is 41.9 Å². The Morgan fingerprint density at radius 2 is 1.70 bits per heavy atom. The van der Waals surface area contributed by atoms with Crippen LogP contribution in [-0.2, 0) is 11.2 Å². The number of primary amides is 1. The molecule has 3 N–H and O–H groups in total. The van der Waals surface area contributed by atoms with Crippen LogP contribution in [0.25, 0.3) is 0 Å². The molecule has 102 valence electrons. The number of anilines is 1. The summed E-state index contributed by atoms with van der Waals surface area (Å²) < 4.78 is 0. The maximum absolute atomic E-state index is 12.2. The Balaban J connectivity index is 2.24. The van der Waals surface area contributed by atoms with Crippen molar-refractivity contribution in [2.45, 2.75) is 6.42 Å². The average molecular weight is 289 g/mol. The minimum absolute atomic E-state index is 0.0684. The van der Waals surface area contributed by atoms with E-state index in [0.29, 0.717) is 21.8 Å². The SMILES string of the molecule is NC(=O)Cc1ccccc1NC(=O)c1ccccc1Cl. The molecule has 0 saturated carbocycles. The van der Waals surface area contributed by atoms with Crippen molar-refractivity contribution >= 4 is 29.1 Å². The third kappa shape index (κ3) is 3.36. The van der Waals surface area contributed by atoms with Crippen LogP contribution in [0, 0.1) is 0 Å². The maximum atomic E-state index is 12.2. The first kappa shape index (κ1) is 14.1. The molecule has 0 aromatic heterocycles. The number of carbonyl (C=O) groups excluding carboxylic acids is 2. The fourth-order valence-electron chi connectivity index (χ4n) is 1.82. The van der Waals surface area contributed by atoms with E-state index in [4.69, 9.17) is 17.3 Å². The predicted molar refractivity (Wildman–Crippen MR) is 78.7 cm³/mol. The molecule has 2 aromatic carbocycles. The lowest BCUT2D eigenvalue weighted by atomic mass is 10.1. The molecule has 0 aliphatic rings. The molecule has 0 spiro atoms. The number of nitrogens with two attached hydrogens (primary N) is 1. The topological polar surface area (TPSA) is 72.2 Å². The standard InChI is InChI=1S/C15H13ClN2O2/c16-12-7-3-2-6-11(12)15(20)18-13-8-4-1-5-10(13)9-14(17)19/h1-8H,9H2,(H2,17,19)(H,18,20). The zero-order chi connectivity index (χ0) is 14.5. The first-order valence-electron chi connectivity index (χ1n) is 6.00. The molecule has 0 fully saturated rings. The smallest absolute Gasteiger partial charge is 0.257 e. The lowest BCUT2D eigenvalue weighted by Gasteiger charge is -2.10. The van der Waals surface area contributed by atoms with E-state index in [9.17, 15) is 9.59 Å². The summed E-state index contributed by atoms with van der Waals surface area (Å²) in [5.74, 6) is -0.781. The Bertz CT molecular complexity index is 656. The number of nitrogens with one attached hydrogen (secondary N) is 1. The second-order valence-electron chi connectivity index (χ2n) is 4.23. The van der Waals surface area contributed by atoms with E-state index in [1.807, 2.05) is 0 Å². The quantitative estimate of drug-likeness (QED) is 0.908. The fraction of sp³-hybridized carbons (Fsp3) is 0.0667. The summed E-state index contributed by atoms with van der Waals surface area (Å²) in [5.41, 5.74) is 6.78. The van der Waals surface area contributed by atoms with Crippen LogP contribution < -0.4 is 11.1 Å². The van der Waals surface area contributed by atoms with Gasteiger partial charge in [0.2, 0.25) is 5.91 Å². The van der Waals surface area contributed by atoms with Crippen molar-refractivity contribution in [3.8, 4) is 0 Å². The maximum Gasteiger partial charge on any atom is 0.257 e. The number of halogens is 1. The molecule has 0 aliphatic carbocycles. The van der Waals surface area contributed by atoms with Gasteiger partial charge >= 0.3 is 0 Å². The van der Waals surface area contributed by atoms with E-state index >= 15 is 0 Å². The van der Waals surface area contributed by atoms with Gasteiger partial charge in [0.1, 0.15) is 0 Å². The van der Waals surface area contributed by atoms with Crippen molar-refractivity contribution in [1.29, 1.82) is 0 Å². The van der Waals surface area contributed by atoms with E-state index in [1.54, 1.807) is 48.5 Å². The van der Waals surface area contributed by atoms with Crippen molar-refractivity contribution in [3.63, 3.8) is 0 Å². The molecule has 0 aliphatic heterocycles. The van der Waals surface area contributed by atoms with Gasteiger partial charge in [0.05, 0.1) is 17.0 Å². The third-order valence-corrected chi connectivity index (χ3v) is 3.08. The first-order chi connectivity index (χ1) is 9.58. The van der Waals surface area contributed by atoms with Crippen molar-refractivity contribution in [1.82, 2.24) is 0 Å². The molecule has 4 nitrogen and oxygen atoms in total. The third-order valence-electron chi connectivity index (χ3n) is 2.75. The average Bonchev–Trinajstić information content (AvgIpc) is 2.41. The molecule has 0 atom stereocenters. The van der Waals surface area contributed by atoms with Gasteiger partial charge in [-0.25, -0.2) is 0 Å². The highest BCUT2D eigenvalue weighted by molar-refractivity contribution is 6.34. The van der Waals surface area contributed by atoms with E-state index < -0.39 is 5.91 Å². The van der Waals surface area contributed by atoms with Crippen molar-refractivity contribution in [2.75, 3.05) is 5.32 Å². The number of para-hydroxylation sites is 1. The molecule has 2 rings (SSSR count). The van der Waals surface area contributed by atoms with E-state index in [-0.39, 0.29) is 12.3 Å². The summed E-state index contributed by atoms with van der Waals surface area (Å²) in [6.07, 6.45) is 0.0684. The van der Waals surface area contributed by atoms with Gasteiger partial charge in [-0.15, -0.1) is 0 Å². The highest BCUT2D eigenvalue weighted by Gasteiger charge is 2.12. The number of carbonyl (C=O) groups is 2. The highest BCUT2D eigenvalue weighted by atomic mass is 35.5. The monoisotopic (exact) mass is 288 g/mol. The molecular weight excluding hydrogens is 276 g/mol. The van der Waals surface area contributed by atoms with Crippen molar-refractivity contribution < 1.29 is 9.59 Å². The molecule has 5 heteroatoms. The lowest BCUT2D eigenvalue weighted by molar-refractivity contribution is -0.117. The van der Waals surface area contributed by atoms with Crippen LogP contribution in [0.1, 0.15) is 15.9 Å². The Morgan fingerprint density at radius 1 is 1.05 bits per heavy atom. The molecule has 0 saturated heterocycles. The second-order valence-corrected chi connectivity index (χ2v) is 4.64. The molecule has 20 heavy (non-hydrogen) atoms. The molecule has 0 bridgehead atoms. The van der Waals surface area contributed by atoms with Gasteiger partial charge in [0.25, 0.3) is 5.91 Å². The zero-order valence-electron chi connectivity index (χ0n) is 10.6. The normalized spacial score (nSPS) is 10.1. The van der Waals surface area contributed by atoms with Gasteiger partial charge in [0.15, 0.2) is 0 Å². The molecule has 2 aromatic rings. The van der Waals surface area contributed by atoms with Crippen LogP contribution in [0.15, 0.2) is 48.5 Å². The Kier molecular flexibility index (Phi) is 4.38.